The number of halogens is 1. The van der Waals surface area contributed by atoms with E-state index in [4.69, 9.17) is 4.74 Å². The van der Waals surface area contributed by atoms with Crippen LogP contribution in [0.2, 0.25) is 0 Å². The summed E-state index contributed by atoms with van der Waals surface area (Å²) < 4.78 is 19.3. The molecule has 7 nitrogen and oxygen atoms in total. The summed E-state index contributed by atoms with van der Waals surface area (Å²) in [5.41, 5.74) is 0.995. The van der Waals surface area contributed by atoms with Gasteiger partial charge in [-0.3, -0.25) is 5.10 Å². The van der Waals surface area contributed by atoms with Crippen molar-refractivity contribution in [3.8, 4) is 17.0 Å². The van der Waals surface area contributed by atoms with Gasteiger partial charge in [0.05, 0.1) is 12.8 Å². The zero-order valence-corrected chi connectivity index (χ0v) is 15.9. The number of hydrogen-bond acceptors (Lipinski definition) is 6. The molecule has 0 unspecified atom stereocenters. The highest BCUT2D eigenvalue weighted by molar-refractivity contribution is 5.66. The maximum Gasteiger partial charge on any atom is 0.227 e. The minimum absolute atomic E-state index is 0.377. The molecule has 1 aromatic carbocycles. The van der Waals surface area contributed by atoms with Gasteiger partial charge in [0.15, 0.2) is 5.82 Å². The first-order valence-electron chi connectivity index (χ1n) is 9.36. The van der Waals surface area contributed by atoms with E-state index in [-0.39, 0.29) is 5.82 Å². The zero-order valence-electron chi connectivity index (χ0n) is 15.9. The number of anilines is 3. The number of benzene rings is 1. The standard InChI is InChI=1S/C20H23FN6O/c1-13-6-9-27(10-7-13)20-22-8-5-18(24-20)23-19-12-17(25-26-19)15-4-3-14(28-2)11-16(15)21/h3-5,8,11-13H,6-7,9-10H2,1-2H3,(H2,22,23,24,25,26). The molecule has 0 amide bonds. The predicted molar refractivity (Wildman–Crippen MR) is 106 cm³/mol. The van der Waals surface area contributed by atoms with Crippen LogP contribution in [0.1, 0.15) is 19.8 Å². The molecule has 2 N–H and O–H groups in total. The molecule has 1 aliphatic heterocycles. The second-order valence-corrected chi connectivity index (χ2v) is 7.05. The van der Waals surface area contributed by atoms with Crippen molar-refractivity contribution in [2.75, 3.05) is 30.4 Å². The average Bonchev–Trinajstić information content (AvgIpc) is 3.16. The molecule has 146 valence electrons. The van der Waals surface area contributed by atoms with Gasteiger partial charge in [-0.2, -0.15) is 10.1 Å². The van der Waals surface area contributed by atoms with E-state index in [0.717, 1.165) is 31.8 Å². The molecule has 0 bridgehead atoms. The topological polar surface area (TPSA) is 79.0 Å². The van der Waals surface area contributed by atoms with Crippen molar-refractivity contribution in [2.45, 2.75) is 19.8 Å². The first-order chi connectivity index (χ1) is 13.6. The van der Waals surface area contributed by atoms with Gasteiger partial charge in [0.25, 0.3) is 0 Å². The van der Waals surface area contributed by atoms with Gasteiger partial charge in [-0.15, -0.1) is 0 Å². The van der Waals surface area contributed by atoms with Gasteiger partial charge in [0.1, 0.15) is 17.4 Å². The molecule has 28 heavy (non-hydrogen) atoms. The third-order valence-electron chi connectivity index (χ3n) is 5.01. The van der Waals surface area contributed by atoms with Crippen LogP contribution in [0.5, 0.6) is 5.75 Å². The average molecular weight is 382 g/mol. The van der Waals surface area contributed by atoms with Crippen LogP contribution in [0.3, 0.4) is 0 Å². The Morgan fingerprint density at radius 1 is 1.18 bits per heavy atom. The molecule has 1 aliphatic rings. The summed E-state index contributed by atoms with van der Waals surface area (Å²) in [7, 11) is 1.51. The van der Waals surface area contributed by atoms with E-state index in [1.807, 2.05) is 0 Å². The van der Waals surface area contributed by atoms with Crippen molar-refractivity contribution in [1.29, 1.82) is 0 Å². The van der Waals surface area contributed by atoms with Crippen molar-refractivity contribution in [3.05, 3.63) is 42.3 Å². The molecular formula is C20H23FN6O. The van der Waals surface area contributed by atoms with E-state index in [9.17, 15) is 4.39 Å². The normalized spacial score (nSPS) is 14.9. The third-order valence-corrected chi connectivity index (χ3v) is 5.01. The Balaban J connectivity index is 1.49. The minimum atomic E-state index is -0.377. The lowest BCUT2D eigenvalue weighted by Crippen LogP contribution is -2.34. The first-order valence-corrected chi connectivity index (χ1v) is 9.36. The number of hydrogen-bond donors (Lipinski definition) is 2. The molecule has 3 aromatic rings. The predicted octanol–water partition coefficient (Wildman–Crippen LogP) is 3.99. The zero-order chi connectivity index (χ0) is 19.5. The quantitative estimate of drug-likeness (QED) is 0.695. The third kappa shape index (κ3) is 3.90. The van der Waals surface area contributed by atoms with Crippen LogP contribution in [0.4, 0.5) is 22.0 Å². The van der Waals surface area contributed by atoms with Crippen molar-refractivity contribution in [1.82, 2.24) is 20.2 Å². The first kappa shape index (κ1) is 18.2. The molecule has 0 spiro atoms. The molecule has 0 aliphatic carbocycles. The molecule has 1 saturated heterocycles. The van der Waals surface area contributed by atoms with Crippen molar-refractivity contribution in [3.63, 3.8) is 0 Å². The van der Waals surface area contributed by atoms with Crippen LogP contribution in [0.15, 0.2) is 36.5 Å². The summed E-state index contributed by atoms with van der Waals surface area (Å²) in [6.07, 6.45) is 4.04. The number of ether oxygens (including phenoxy) is 1. The van der Waals surface area contributed by atoms with Gasteiger partial charge in [-0.25, -0.2) is 9.37 Å². The smallest absolute Gasteiger partial charge is 0.227 e. The molecule has 0 atom stereocenters. The largest absolute Gasteiger partial charge is 0.497 e. The molecule has 2 aromatic heterocycles. The minimum Gasteiger partial charge on any atom is -0.497 e. The second kappa shape index (κ2) is 7.84. The molecule has 4 rings (SSSR count). The van der Waals surface area contributed by atoms with Crippen LogP contribution in [0, 0.1) is 11.7 Å². The van der Waals surface area contributed by atoms with E-state index in [1.54, 1.807) is 30.5 Å². The van der Waals surface area contributed by atoms with E-state index >= 15 is 0 Å². The number of aromatic amines is 1. The van der Waals surface area contributed by atoms with Gasteiger partial charge < -0.3 is 15.0 Å². The molecule has 0 saturated carbocycles. The summed E-state index contributed by atoms with van der Waals surface area (Å²) in [6, 6.07) is 8.25. The van der Waals surface area contributed by atoms with E-state index in [1.165, 1.54) is 13.2 Å². The monoisotopic (exact) mass is 382 g/mol. The molecular weight excluding hydrogens is 359 g/mol. The summed E-state index contributed by atoms with van der Waals surface area (Å²) in [5.74, 6) is 2.77. The number of nitrogens with one attached hydrogen (secondary N) is 2. The molecule has 8 heteroatoms. The van der Waals surface area contributed by atoms with Crippen LogP contribution in [-0.2, 0) is 0 Å². The maximum atomic E-state index is 14.3. The van der Waals surface area contributed by atoms with E-state index < -0.39 is 0 Å². The lowest BCUT2D eigenvalue weighted by Gasteiger charge is -2.30. The number of methoxy groups -OCH3 is 1. The Hall–Kier alpha value is -3.16. The van der Waals surface area contributed by atoms with Crippen LogP contribution >= 0.6 is 0 Å². The Kier molecular flexibility index (Phi) is 5.10. The van der Waals surface area contributed by atoms with E-state index in [2.05, 4.69) is 37.3 Å². The fraction of sp³-hybridized carbons (Fsp3) is 0.350. The highest BCUT2D eigenvalue weighted by Crippen LogP contribution is 2.27. The number of piperidine rings is 1. The Morgan fingerprint density at radius 2 is 2.00 bits per heavy atom. The van der Waals surface area contributed by atoms with Crippen molar-refractivity contribution < 1.29 is 9.13 Å². The Morgan fingerprint density at radius 3 is 2.75 bits per heavy atom. The fourth-order valence-corrected chi connectivity index (χ4v) is 3.28. The van der Waals surface area contributed by atoms with Crippen molar-refractivity contribution in [2.24, 2.45) is 5.92 Å². The second-order valence-electron chi connectivity index (χ2n) is 7.05. The van der Waals surface area contributed by atoms with Crippen LogP contribution in [-0.4, -0.2) is 40.4 Å². The molecule has 1 fully saturated rings. The van der Waals surface area contributed by atoms with Crippen molar-refractivity contribution >= 4 is 17.6 Å². The lowest BCUT2D eigenvalue weighted by atomic mass is 10.00. The summed E-state index contributed by atoms with van der Waals surface area (Å²) in [4.78, 5) is 11.2. The number of nitrogens with zero attached hydrogens (tertiary/aromatic N) is 4. The highest BCUT2D eigenvalue weighted by atomic mass is 19.1. The maximum absolute atomic E-state index is 14.3. The van der Waals surface area contributed by atoms with Crippen LogP contribution < -0.4 is 15.0 Å². The Labute approximate surface area is 163 Å². The number of aromatic nitrogens is 4. The van der Waals surface area contributed by atoms with Gasteiger partial charge >= 0.3 is 0 Å². The lowest BCUT2D eigenvalue weighted by molar-refractivity contribution is 0.411. The van der Waals surface area contributed by atoms with Gasteiger partial charge in [0.2, 0.25) is 5.95 Å². The highest BCUT2D eigenvalue weighted by Gasteiger charge is 2.18. The summed E-state index contributed by atoms with van der Waals surface area (Å²) in [5, 5.41) is 10.2. The molecule has 0 radical (unpaired) electrons. The Bertz CT molecular complexity index is 951. The van der Waals surface area contributed by atoms with Crippen LogP contribution in [0.25, 0.3) is 11.3 Å². The van der Waals surface area contributed by atoms with Gasteiger partial charge in [-0.1, -0.05) is 6.92 Å². The SMILES string of the molecule is COc1ccc(-c2cc(Nc3ccnc(N4CCC(C)CC4)n3)n[nH]2)c(F)c1. The van der Waals surface area contributed by atoms with Gasteiger partial charge in [-0.05, 0) is 37.0 Å². The fourth-order valence-electron chi connectivity index (χ4n) is 3.28. The van der Waals surface area contributed by atoms with E-state index in [0.29, 0.717) is 34.6 Å². The molecule has 3 heterocycles. The number of H-pyrrole nitrogens is 1. The summed E-state index contributed by atoms with van der Waals surface area (Å²) in [6.45, 7) is 4.21. The summed E-state index contributed by atoms with van der Waals surface area (Å²) >= 11 is 0. The van der Waals surface area contributed by atoms with Gasteiger partial charge in [0, 0.05) is 37.0 Å². The number of rotatable bonds is 5.